The Balaban J connectivity index is 4.77. The van der Waals surface area contributed by atoms with Crippen molar-refractivity contribution in [3.63, 3.8) is 0 Å². The van der Waals surface area contributed by atoms with Gasteiger partial charge in [-0.05, 0) is 27.7 Å². The summed E-state index contributed by atoms with van der Waals surface area (Å²) in [6.07, 6.45) is -1.12. The van der Waals surface area contributed by atoms with Crippen LogP contribution < -0.4 is 10.6 Å². The Morgan fingerprint density at radius 3 is 2.26 bits per heavy atom. The van der Waals surface area contributed by atoms with Crippen molar-refractivity contribution < 1.29 is 30.7 Å². The zero-order chi connectivity index (χ0) is 16.1. The summed E-state index contributed by atoms with van der Waals surface area (Å²) < 4.78 is 12.4. The molecule has 0 saturated heterocycles. The summed E-state index contributed by atoms with van der Waals surface area (Å²) in [6.45, 7) is 5.13. The Labute approximate surface area is 112 Å². The van der Waals surface area contributed by atoms with E-state index >= 15 is 0 Å². The monoisotopic (exact) mass is 277 g/mol. The number of nitrogens with one attached hydrogen (secondary N) is 2. The Morgan fingerprint density at radius 1 is 1.37 bits per heavy atom. The number of carbonyl (C=O) groups excluding carboxylic acids is 2. The van der Waals surface area contributed by atoms with E-state index in [-0.39, 0.29) is 5.31 Å². The number of aliphatic carboxylic acids is 1. The molecule has 2 atom stereocenters. The molecule has 0 saturated carbocycles. The molecule has 0 aromatic rings. The van der Waals surface area contributed by atoms with E-state index < -0.39 is 42.3 Å². The molecule has 0 aliphatic rings. The fourth-order valence-corrected chi connectivity index (χ4v) is 0.969. The van der Waals surface area contributed by atoms with E-state index in [1.165, 1.54) is 6.92 Å². The molecule has 8 nitrogen and oxygen atoms in total. The second kappa shape index (κ2) is 6.93. The summed E-state index contributed by atoms with van der Waals surface area (Å²) >= 11 is 0. The second-order valence-electron chi connectivity index (χ2n) is 4.88. The molecule has 110 valence electrons. The number of rotatable bonds is 5. The average molecular weight is 277 g/mol. The van der Waals surface area contributed by atoms with Crippen LogP contribution in [-0.2, 0) is 14.3 Å². The minimum Gasteiger partial charge on any atom is -0.480 e. The lowest BCUT2D eigenvalue weighted by Gasteiger charge is -2.22. The molecule has 0 rings (SSSR count). The van der Waals surface area contributed by atoms with Gasteiger partial charge in [0.25, 0.3) is 0 Å². The van der Waals surface area contributed by atoms with Gasteiger partial charge < -0.3 is 25.6 Å². The molecular formula is C11H20N2O6. The maximum atomic E-state index is 11.7. The van der Waals surface area contributed by atoms with Crippen LogP contribution in [0.15, 0.2) is 0 Å². The maximum absolute atomic E-state index is 11.7. The minimum absolute atomic E-state index is 0.176. The molecule has 8 heteroatoms. The molecule has 4 N–H and O–H groups in total. The first kappa shape index (κ1) is 15.2. The molecule has 0 aliphatic heterocycles. The number of carboxylic acids is 1. The molecule has 0 spiro atoms. The van der Waals surface area contributed by atoms with Gasteiger partial charge in [0.05, 0.1) is 6.61 Å². The van der Waals surface area contributed by atoms with Crippen LogP contribution in [0.1, 0.15) is 27.7 Å². The summed E-state index contributed by atoms with van der Waals surface area (Å²) in [4.78, 5) is 33.9. The molecule has 0 aromatic carbocycles. The van der Waals surface area contributed by atoms with Crippen molar-refractivity contribution in [1.29, 1.82) is 0 Å². The van der Waals surface area contributed by atoms with Crippen molar-refractivity contribution in [3.05, 3.63) is 0 Å². The molecule has 0 unspecified atom stereocenters. The van der Waals surface area contributed by atoms with Crippen molar-refractivity contribution in [2.24, 2.45) is 0 Å². The van der Waals surface area contributed by atoms with Crippen LogP contribution >= 0.6 is 0 Å². The summed E-state index contributed by atoms with van der Waals surface area (Å²) in [5, 5.41) is 20.0. The van der Waals surface area contributed by atoms with Gasteiger partial charge in [-0.15, -0.1) is 0 Å². The molecule has 0 aliphatic carbocycles. The van der Waals surface area contributed by atoms with Gasteiger partial charge in [0, 0.05) is 0 Å². The van der Waals surface area contributed by atoms with E-state index in [9.17, 15) is 14.4 Å². The Bertz CT molecular complexity index is 382. The van der Waals surface area contributed by atoms with E-state index in [0.717, 1.165) is 0 Å². The molecule has 0 radical (unpaired) electrons. The number of aliphatic hydroxyl groups excluding tert-OH is 1. The van der Waals surface area contributed by atoms with Crippen molar-refractivity contribution in [2.45, 2.75) is 45.4 Å². The van der Waals surface area contributed by atoms with Crippen LogP contribution in [0, 0.1) is 0 Å². The lowest BCUT2D eigenvalue weighted by atomic mass is 10.2. The molecule has 0 bridgehead atoms. The van der Waals surface area contributed by atoms with Gasteiger partial charge in [0.15, 0.2) is 1.41 Å². The number of amides is 2. The van der Waals surface area contributed by atoms with E-state index in [1.807, 2.05) is 0 Å². The highest BCUT2D eigenvalue weighted by Crippen LogP contribution is 2.06. The van der Waals surface area contributed by atoms with Gasteiger partial charge in [-0.3, -0.25) is 9.59 Å². The smallest absolute Gasteiger partial charge is 0.408 e. The highest BCUT2D eigenvalue weighted by atomic mass is 16.6. The Hall–Kier alpha value is -1.83. The van der Waals surface area contributed by atoms with Crippen molar-refractivity contribution in [3.8, 4) is 0 Å². The number of hydrogen-bond donors (Lipinski definition) is 4. The van der Waals surface area contributed by atoms with Crippen molar-refractivity contribution in [2.75, 3.05) is 6.61 Å². The predicted octanol–water partition coefficient (Wildman–Crippen LogP) is -0.539. The third-order valence-electron chi connectivity index (χ3n) is 1.86. The fraction of sp³-hybridized carbons (Fsp3) is 0.727. The van der Waals surface area contributed by atoms with E-state index in [4.69, 9.17) is 16.4 Å². The van der Waals surface area contributed by atoms with Crippen LogP contribution in [0.25, 0.3) is 0 Å². The number of alkyl carbamates (subject to hydrolysis) is 1. The standard InChI is InChI=1S/C11H20N2O6/c1-6(9(16)17)12-8(15)7(5-14)13-10(18)19-11(2,3)4/h6-7,14H,5H2,1-4H3,(H,12,15)(H,13,18)(H,16,17)/t6-,7+/m0/s1/i/hD. The second-order valence-corrected chi connectivity index (χ2v) is 4.88. The molecule has 2 amide bonds. The van der Waals surface area contributed by atoms with Crippen molar-refractivity contribution >= 4 is 18.0 Å². The highest BCUT2D eigenvalue weighted by molar-refractivity contribution is 5.89. The molecule has 0 aromatic heterocycles. The summed E-state index contributed by atoms with van der Waals surface area (Å²) in [7, 11) is 0. The SMILES string of the molecule is [2H]N(C(=O)OC(C)(C)C)[C@H](CO)C(=O)N[C@@H](C)C(=O)O. The fourth-order valence-electron chi connectivity index (χ4n) is 0.969. The van der Waals surface area contributed by atoms with Crippen molar-refractivity contribution in [1.82, 2.24) is 10.6 Å². The Kier molecular flexibility index (Phi) is 5.56. The van der Waals surface area contributed by atoms with E-state index in [1.54, 1.807) is 20.8 Å². The maximum Gasteiger partial charge on any atom is 0.408 e. The lowest BCUT2D eigenvalue weighted by molar-refractivity contribution is -0.141. The molecule has 0 fully saturated rings. The first-order valence-corrected chi connectivity index (χ1v) is 5.64. The van der Waals surface area contributed by atoms with Crippen LogP contribution in [0.2, 0.25) is 1.41 Å². The predicted molar refractivity (Wildman–Crippen MR) is 65.5 cm³/mol. The van der Waals surface area contributed by atoms with Gasteiger partial charge in [-0.2, -0.15) is 0 Å². The quantitative estimate of drug-likeness (QED) is 0.535. The highest BCUT2D eigenvalue weighted by Gasteiger charge is 2.25. The average Bonchev–Trinajstić information content (AvgIpc) is 2.27. The number of carbonyl (C=O) groups is 3. The largest absolute Gasteiger partial charge is 0.480 e. The first-order chi connectivity index (χ1) is 8.99. The van der Waals surface area contributed by atoms with E-state index in [2.05, 4.69) is 5.32 Å². The number of ether oxygens (including phenoxy) is 1. The Morgan fingerprint density at radius 2 is 1.89 bits per heavy atom. The van der Waals surface area contributed by atoms with Gasteiger partial charge in [-0.1, -0.05) is 0 Å². The van der Waals surface area contributed by atoms with Gasteiger partial charge >= 0.3 is 12.1 Å². The number of hydrogen-bond acceptors (Lipinski definition) is 5. The van der Waals surface area contributed by atoms with Crippen LogP contribution in [0.4, 0.5) is 4.79 Å². The number of carboxylic acid groups (broad SMARTS) is 1. The van der Waals surface area contributed by atoms with Crippen LogP contribution in [0.5, 0.6) is 0 Å². The third kappa shape index (κ3) is 7.24. The topological polar surface area (TPSA) is 125 Å². The third-order valence-corrected chi connectivity index (χ3v) is 1.86. The normalized spacial score (nSPS) is 14.9. The van der Waals surface area contributed by atoms with Gasteiger partial charge in [-0.25, -0.2) is 4.79 Å². The number of aliphatic hydroxyl groups is 1. The zero-order valence-corrected chi connectivity index (χ0v) is 11.3. The summed E-state index contributed by atoms with van der Waals surface area (Å²) in [5.74, 6) is -2.23. The summed E-state index contributed by atoms with van der Waals surface area (Å²) in [6, 6.07) is -2.75. The van der Waals surface area contributed by atoms with Gasteiger partial charge in [0.2, 0.25) is 5.91 Å². The molecule has 0 heterocycles. The van der Waals surface area contributed by atoms with Gasteiger partial charge in [0.1, 0.15) is 17.7 Å². The van der Waals surface area contributed by atoms with Crippen LogP contribution in [-0.4, -0.2) is 52.5 Å². The van der Waals surface area contributed by atoms with E-state index in [0.29, 0.717) is 0 Å². The molecular weight excluding hydrogens is 256 g/mol. The minimum atomic E-state index is -1.55. The molecule has 19 heavy (non-hydrogen) atoms. The zero-order valence-electron chi connectivity index (χ0n) is 12.3. The lowest BCUT2D eigenvalue weighted by Crippen LogP contribution is -2.53. The summed E-state index contributed by atoms with van der Waals surface area (Å²) in [5.41, 5.74) is -0.860. The first-order valence-electron chi connectivity index (χ1n) is 6.09. The van der Waals surface area contributed by atoms with Crippen LogP contribution in [0.3, 0.4) is 0 Å².